The SMILES string of the molecule is C#CC1N2CCC(CC2)[C@@]1(O)c1ccc(N2CC[C@@H](O)C2=O)nc1Cc1ccccc1. The maximum Gasteiger partial charge on any atom is 0.257 e. The number of rotatable bonds is 4. The Morgan fingerprint density at radius 3 is 2.48 bits per heavy atom. The van der Waals surface area contributed by atoms with Crippen molar-refractivity contribution in [3.63, 3.8) is 0 Å². The summed E-state index contributed by atoms with van der Waals surface area (Å²) in [7, 11) is 0. The number of terminal acetylenes is 1. The van der Waals surface area contributed by atoms with Crippen LogP contribution in [0.4, 0.5) is 5.82 Å². The van der Waals surface area contributed by atoms with Gasteiger partial charge in [-0.2, -0.15) is 0 Å². The second kappa shape index (κ2) is 7.76. The van der Waals surface area contributed by atoms with E-state index in [9.17, 15) is 15.0 Å². The molecule has 1 amide bonds. The first-order valence-corrected chi connectivity index (χ1v) is 11.0. The Bertz CT molecular complexity index is 1030. The molecule has 2 aromatic rings. The third-order valence-electron chi connectivity index (χ3n) is 7.15. The van der Waals surface area contributed by atoms with Gasteiger partial charge in [0.25, 0.3) is 5.91 Å². The van der Waals surface area contributed by atoms with Crippen LogP contribution in [0.5, 0.6) is 0 Å². The Balaban J connectivity index is 1.61. The van der Waals surface area contributed by atoms with Crippen LogP contribution in [0.25, 0.3) is 0 Å². The smallest absolute Gasteiger partial charge is 0.257 e. The van der Waals surface area contributed by atoms with Crippen molar-refractivity contribution in [2.45, 2.75) is 43.4 Å². The predicted molar refractivity (Wildman–Crippen MR) is 117 cm³/mol. The maximum atomic E-state index is 12.4. The number of carbonyl (C=O) groups excluding carboxylic acids is 1. The molecular weight excluding hydrogens is 390 g/mol. The van der Waals surface area contributed by atoms with Gasteiger partial charge in [0.05, 0.1) is 5.69 Å². The highest BCUT2D eigenvalue weighted by Gasteiger charge is 2.54. The zero-order chi connectivity index (χ0) is 21.6. The molecule has 6 nitrogen and oxygen atoms in total. The van der Waals surface area contributed by atoms with Gasteiger partial charge < -0.3 is 10.2 Å². The van der Waals surface area contributed by atoms with Gasteiger partial charge in [-0.3, -0.25) is 14.6 Å². The first-order valence-electron chi connectivity index (χ1n) is 11.0. The van der Waals surface area contributed by atoms with Crippen molar-refractivity contribution in [2.75, 3.05) is 24.5 Å². The van der Waals surface area contributed by atoms with Gasteiger partial charge >= 0.3 is 0 Å². The molecule has 6 heteroatoms. The summed E-state index contributed by atoms with van der Waals surface area (Å²) < 4.78 is 0. The number of pyridine rings is 1. The topological polar surface area (TPSA) is 76.9 Å². The molecule has 4 fully saturated rings. The fourth-order valence-corrected chi connectivity index (χ4v) is 5.52. The van der Waals surface area contributed by atoms with E-state index in [1.165, 1.54) is 4.90 Å². The first kappa shape index (κ1) is 20.2. The molecule has 5 heterocycles. The molecule has 2 N–H and O–H groups in total. The van der Waals surface area contributed by atoms with Gasteiger partial charge in [-0.25, -0.2) is 4.98 Å². The van der Waals surface area contributed by atoms with Gasteiger partial charge in [-0.1, -0.05) is 42.3 Å². The maximum absolute atomic E-state index is 12.4. The van der Waals surface area contributed by atoms with Crippen LogP contribution in [0.3, 0.4) is 0 Å². The fourth-order valence-electron chi connectivity index (χ4n) is 5.52. The van der Waals surface area contributed by atoms with E-state index in [2.05, 4.69) is 10.8 Å². The number of carbonyl (C=O) groups is 1. The molecule has 2 bridgehead atoms. The summed E-state index contributed by atoms with van der Waals surface area (Å²) in [6.45, 7) is 2.24. The number of fused-ring (bicyclic) bond motifs is 3. The standard InChI is InChI=1S/C25H27N3O3/c1-2-22-25(31,18-10-13-27(22)14-11-18)19-8-9-23(28-15-12-21(29)24(28)30)26-20(19)16-17-6-4-3-5-7-17/h1,3-9,18,21-22,29,31H,10-16H2/t21-,22?,25-/m1/s1. The van der Waals surface area contributed by atoms with E-state index >= 15 is 0 Å². The van der Waals surface area contributed by atoms with E-state index in [0.29, 0.717) is 25.2 Å². The number of nitrogens with zero attached hydrogens (tertiary/aromatic N) is 3. The van der Waals surface area contributed by atoms with Crippen LogP contribution in [0.2, 0.25) is 0 Å². The van der Waals surface area contributed by atoms with E-state index in [4.69, 9.17) is 11.4 Å². The van der Waals surface area contributed by atoms with E-state index in [1.54, 1.807) is 6.07 Å². The second-order valence-electron chi connectivity index (χ2n) is 8.83. The summed E-state index contributed by atoms with van der Waals surface area (Å²) in [5.41, 5.74) is 1.39. The summed E-state index contributed by atoms with van der Waals surface area (Å²) in [6, 6.07) is 13.3. The lowest BCUT2D eigenvalue weighted by Gasteiger charge is -2.54. The number of amides is 1. The zero-order valence-corrected chi connectivity index (χ0v) is 17.4. The number of aliphatic hydroxyl groups excluding tert-OH is 1. The second-order valence-corrected chi connectivity index (χ2v) is 8.83. The number of anilines is 1. The molecule has 0 radical (unpaired) electrons. The monoisotopic (exact) mass is 417 g/mol. The third kappa shape index (κ3) is 3.25. The lowest BCUT2D eigenvalue weighted by molar-refractivity contribution is -0.143. The van der Waals surface area contributed by atoms with Gasteiger partial charge in [0.1, 0.15) is 23.6 Å². The lowest BCUT2D eigenvalue weighted by Crippen LogP contribution is -2.63. The largest absolute Gasteiger partial charge is 0.383 e. The van der Waals surface area contributed by atoms with Crippen molar-refractivity contribution in [1.29, 1.82) is 0 Å². The number of hydrogen-bond acceptors (Lipinski definition) is 5. The molecule has 4 aliphatic heterocycles. The van der Waals surface area contributed by atoms with Crippen LogP contribution in [-0.2, 0) is 16.8 Å². The Hall–Kier alpha value is -2.72. The Kier molecular flexibility index (Phi) is 5.05. The van der Waals surface area contributed by atoms with Crippen molar-refractivity contribution in [3.8, 4) is 12.3 Å². The summed E-state index contributed by atoms with van der Waals surface area (Å²) in [5, 5.41) is 21.9. The van der Waals surface area contributed by atoms with Crippen molar-refractivity contribution >= 4 is 11.7 Å². The van der Waals surface area contributed by atoms with Crippen LogP contribution < -0.4 is 4.90 Å². The third-order valence-corrected chi connectivity index (χ3v) is 7.15. The molecule has 160 valence electrons. The van der Waals surface area contributed by atoms with Crippen LogP contribution in [0.15, 0.2) is 42.5 Å². The van der Waals surface area contributed by atoms with Gasteiger partial charge in [0.15, 0.2) is 0 Å². The van der Waals surface area contributed by atoms with Gasteiger partial charge in [0.2, 0.25) is 0 Å². The highest BCUT2D eigenvalue weighted by atomic mass is 16.3. The Morgan fingerprint density at radius 1 is 1.10 bits per heavy atom. The summed E-state index contributed by atoms with van der Waals surface area (Å²) in [6.07, 6.45) is 7.67. The first-order chi connectivity index (χ1) is 15.0. The molecule has 0 spiro atoms. The van der Waals surface area contributed by atoms with Crippen LogP contribution in [-0.4, -0.2) is 57.8 Å². The van der Waals surface area contributed by atoms with Gasteiger partial charge in [0, 0.05) is 24.9 Å². The average molecular weight is 418 g/mol. The van der Waals surface area contributed by atoms with E-state index in [-0.39, 0.29) is 11.8 Å². The molecule has 31 heavy (non-hydrogen) atoms. The number of hydrogen-bond donors (Lipinski definition) is 2. The molecule has 4 saturated heterocycles. The van der Waals surface area contributed by atoms with Crippen LogP contribution >= 0.6 is 0 Å². The van der Waals surface area contributed by atoms with Crippen molar-refractivity contribution < 1.29 is 15.0 Å². The molecule has 1 unspecified atom stereocenters. The summed E-state index contributed by atoms with van der Waals surface area (Å²) in [5.74, 6) is 3.12. The molecule has 3 atom stereocenters. The number of aromatic nitrogens is 1. The minimum Gasteiger partial charge on any atom is -0.383 e. The van der Waals surface area contributed by atoms with Crippen molar-refractivity contribution in [1.82, 2.24) is 9.88 Å². The highest BCUT2D eigenvalue weighted by Crippen LogP contribution is 2.48. The fraction of sp³-hybridized carbons (Fsp3) is 0.440. The molecular formula is C25H27N3O3. The Morgan fingerprint density at radius 2 is 1.84 bits per heavy atom. The van der Waals surface area contributed by atoms with E-state index in [1.807, 2.05) is 36.4 Å². The molecule has 6 rings (SSSR count). The lowest BCUT2D eigenvalue weighted by atomic mass is 9.66. The van der Waals surface area contributed by atoms with Gasteiger partial charge in [-0.15, -0.1) is 6.42 Å². The van der Waals surface area contributed by atoms with E-state index < -0.39 is 17.7 Å². The molecule has 1 aromatic carbocycles. The van der Waals surface area contributed by atoms with Crippen LogP contribution in [0.1, 0.15) is 36.1 Å². The summed E-state index contributed by atoms with van der Waals surface area (Å²) in [4.78, 5) is 21.0. The minimum atomic E-state index is -1.17. The minimum absolute atomic E-state index is 0.0796. The quantitative estimate of drug-likeness (QED) is 0.741. The number of aliphatic hydroxyl groups is 2. The average Bonchev–Trinajstić information content (AvgIpc) is 3.13. The molecule has 0 aliphatic carbocycles. The zero-order valence-electron chi connectivity index (χ0n) is 17.4. The van der Waals surface area contributed by atoms with Crippen LogP contribution in [0, 0.1) is 18.3 Å². The Labute approximate surface area is 182 Å². The molecule has 1 aromatic heterocycles. The predicted octanol–water partition coefficient (Wildman–Crippen LogP) is 1.68. The summed E-state index contributed by atoms with van der Waals surface area (Å²) >= 11 is 0. The van der Waals surface area contributed by atoms with Gasteiger partial charge in [-0.05, 0) is 43.5 Å². The van der Waals surface area contributed by atoms with E-state index in [0.717, 1.165) is 42.8 Å². The number of benzene rings is 1. The molecule has 4 aliphatic rings. The normalized spacial score (nSPS) is 32.3. The van der Waals surface area contributed by atoms with Crippen molar-refractivity contribution in [2.24, 2.45) is 5.92 Å². The van der Waals surface area contributed by atoms with Crippen molar-refractivity contribution in [3.05, 3.63) is 59.3 Å². The number of piperidine rings is 3. The highest BCUT2D eigenvalue weighted by molar-refractivity contribution is 5.97. The molecule has 0 saturated carbocycles.